The first-order valence-electron chi connectivity index (χ1n) is 5.40. The van der Waals surface area contributed by atoms with Gasteiger partial charge in [0.1, 0.15) is 0 Å². The Hall–Kier alpha value is -0.990. The minimum atomic E-state index is 0.411. The molecule has 0 amide bonds. The second kappa shape index (κ2) is 3.30. The Morgan fingerprint density at radius 3 is 2.79 bits per heavy atom. The minimum absolute atomic E-state index is 0.411. The van der Waals surface area contributed by atoms with Crippen LogP contribution in [0.5, 0.6) is 0 Å². The largest absolute Gasteiger partial charge is 0.367 e. The molecule has 78 valence electrons. The van der Waals surface area contributed by atoms with E-state index in [1.807, 2.05) is 0 Å². The van der Waals surface area contributed by atoms with E-state index >= 15 is 0 Å². The summed E-state index contributed by atoms with van der Waals surface area (Å²) in [5.74, 6) is 2.33. The molecule has 0 radical (unpaired) electrons. The standard InChI is InChI=1S/C11H18N2O/c1-4-7-5-8(7)10-9(6(2)3)11(12)14-13-10/h6-8H,4-5,12H2,1-3H3/t7-,8-/m1/s1. The first-order chi connectivity index (χ1) is 6.65. The van der Waals surface area contributed by atoms with Crippen molar-refractivity contribution in [2.45, 2.75) is 45.4 Å². The van der Waals surface area contributed by atoms with Crippen LogP contribution in [0, 0.1) is 5.92 Å². The van der Waals surface area contributed by atoms with Gasteiger partial charge in [-0.2, -0.15) is 0 Å². The van der Waals surface area contributed by atoms with Crippen LogP contribution in [0.4, 0.5) is 5.88 Å². The molecule has 3 nitrogen and oxygen atoms in total. The van der Waals surface area contributed by atoms with Gasteiger partial charge in [0.05, 0.1) is 5.69 Å². The van der Waals surface area contributed by atoms with Gasteiger partial charge in [-0.05, 0) is 18.3 Å². The third-order valence-electron chi connectivity index (χ3n) is 3.16. The maximum absolute atomic E-state index is 5.77. The van der Waals surface area contributed by atoms with Crippen LogP contribution in [0.1, 0.15) is 56.7 Å². The summed E-state index contributed by atoms with van der Waals surface area (Å²) < 4.78 is 5.08. The zero-order valence-corrected chi connectivity index (χ0v) is 9.08. The van der Waals surface area contributed by atoms with Crippen LogP contribution < -0.4 is 5.73 Å². The Labute approximate surface area is 84.7 Å². The molecule has 1 heterocycles. The molecule has 0 saturated heterocycles. The number of nitrogens with two attached hydrogens (primary N) is 1. The van der Waals surface area contributed by atoms with E-state index in [9.17, 15) is 0 Å². The minimum Gasteiger partial charge on any atom is -0.367 e. The normalized spacial score (nSPS) is 25.7. The van der Waals surface area contributed by atoms with Gasteiger partial charge >= 0.3 is 0 Å². The van der Waals surface area contributed by atoms with E-state index in [0.29, 0.717) is 17.7 Å². The zero-order chi connectivity index (χ0) is 10.3. The Morgan fingerprint density at radius 1 is 1.57 bits per heavy atom. The number of hydrogen-bond donors (Lipinski definition) is 1. The molecule has 0 spiro atoms. The zero-order valence-electron chi connectivity index (χ0n) is 9.08. The van der Waals surface area contributed by atoms with Gasteiger partial charge in [0.25, 0.3) is 0 Å². The molecule has 1 aromatic heterocycles. The predicted octanol–water partition coefficient (Wildman–Crippen LogP) is 2.89. The number of aromatic nitrogens is 1. The molecule has 1 aliphatic carbocycles. The van der Waals surface area contributed by atoms with Gasteiger partial charge in [-0.25, -0.2) is 0 Å². The van der Waals surface area contributed by atoms with Crippen LogP contribution >= 0.6 is 0 Å². The first-order valence-corrected chi connectivity index (χ1v) is 5.40. The van der Waals surface area contributed by atoms with E-state index in [0.717, 1.165) is 17.2 Å². The second-order valence-corrected chi connectivity index (χ2v) is 4.51. The maximum atomic E-state index is 5.77. The highest BCUT2D eigenvalue weighted by Gasteiger charge is 2.41. The monoisotopic (exact) mass is 194 g/mol. The van der Waals surface area contributed by atoms with Crippen LogP contribution in [0.3, 0.4) is 0 Å². The molecular formula is C11H18N2O. The summed E-state index contributed by atoms with van der Waals surface area (Å²) >= 11 is 0. The van der Waals surface area contributed by atoms with Crippen molar-refractivity contribution in [2.75, 3.05) is 5.73 Å². The number of hydrogen-bond acceptors (Lipinski definition) is 3. The highest BCUT2D eigenvalue weighted by Crippen LogP contribution is 2.51. The van der Waals surface area contributed by atoms with Crippen LogP contribution in [0.2, 0.25) is 0 Å². The summed E-state index contributed by atoms with van der Waals surface area (Å²) in [5.41, 5.74) is 8.01. The summed E-state index contributed by atoms with van der Waals surface area (Å²) in [6, 6.07) is 0. The molecule has 1 aromatic rings. The smallest absolute Gasteiger partial charge is 0.225 e. The molecule has 14 heavy (non-hydrogen) atoms. The van der Waals surface area contributed by atoms with Crippen molar-refractivity contribution in [3.63, 3.8) is 0 Å². The van der Waals surface area contributed by atoms with Gasteiger partial charge in [0, 0.05) is 11.5 Å². The van der Waals surface area contributed by atoms with Gasteiger partial charge in [-0.15, -0.1) is 0 Å². The van der Waals surface area contributed by atoms with Crippen molar-refractivity contribution >= 4 is 5.88 Å². The fourth-order valence-corrected chi connectivity index (χ4v) is 2.20. The van der Waals surface area contributed by atoms with Gasteiger partial charge in [0.2, 0.25) is 5.88 Å². The lowest BCUT2D eigenvalue weighted by Crippen LogP contribution is -1.97. The van der Waals surface area contributed by atoms with Crippen molar-refractivity contribution < 1.29 is 4.52 Å². The lowest BCUT2D eigenvalue weighted by molar-refractivity contribution is 0.426. The molecule has 0 aliphatic heterocycles. The molecule has 0 bridgehead atoms. The number of nitrogens with zero attached hydrogens (tertiary/aromatic N) is 1. The average molecular weight is 194 g/mol. The number of nitrogen functional groups attached to an aromatic ring is 1. The maximum Gasteiger partial charge on any atom is 0.225 e. The number of rotatable bonds is 3. The summed E-state index contributed by atoms with van der Waals surface area (Å²) in [6.07, 6.45) is 2.48. The van der Waals surface area contributed by atoms with Gasteiger partial charge < -0.3 is 10.3 Å². The summed E-state index contributed by atoms with van der Waals surface area (Å²) in [4.78, 5) is 0. The lowest BCUT2D eigenvalue weighted by Gasteiger charge is -2.04. The quantitative estimate of drug-likeness (QED) is 0.804. The Morgan fingerprint density at radius 2 is 2.29 bits per heavy atom. The highest BCUT2D eigenvalue weighted by atomic mass is 16.5. The first kappa shape index (κ1) is 9.56. The fraction of sp³-hybridized carbons (Fsp3) is 0.727. The predicted molar refractivity (Wildman–Crippen MR) is 56.1 cm³/mol. The SMILES string of the molecule is CC[C@@H]1C[C@H]1c1noc(N)c1C(C)C. The molecule has 1 saturated carbocycles. The van der Waals surface area contributed by atoms with Gasteiger partial charge in [0.15, 0.2) is 0 Å². The van der Waals surface area contributed by atoms with Gasteiger partial charge in [-0.1, -0.05) is 32.3 Å². The van der Waals surface area contributed by atoms with E-state index in [1.165, 1.54) is 12.8 Å². The third-order valence-corrected chi connectivity index (χ3v) is 3.16. The van der Waals surface area contributed by atoms with E-state index in [1.54, 1.807) is 0 Å². The Balaban J connectivity index is 2.26. The molecular weight excluding hydrogens is 176 g/mol. The van der Waals surface area contributed by atoms with Crippen LogP contribution in [-0.2, 0) is 0 Å². The van der Waals surface area contributed by atoms with E-state index in [-0.39, 0.29) is 0 Å². The summed E-state index contributed by atoms with van der Waals surface area (Å²) in [6.45, 7) is 6.49. The fourth-order valence-electron chi connectivity index (χ4n) is 2.20. The van der Waals surface area contributed by atoms with Crippen molar-refractivity contribution in [1.82, 2.24) is 5.16 Å². The topological polar surface area (TPSA) is 52.0 Å². The highest BCUT2D eigenvalue weighted by molar-refractivity contribution is 5.44. The van der Waals surface area contributed by atoms with Gasteiger partial charge in [-0.3, -0.25) is 0 Å². The molecule has 1 aliphatic rings. The van der Waals surface area contributed by atoms with Crippen LogP contribution in [0.15, 0.2) is 4.52 Å². The van der Waals surface area contributed by atoms with Crippen molar-refractivity contribution in [1.29, 1.82) is 0 Å². The summed E-state index contributed by atoms with van der Waals surface area (Å²) in [5, 5.41) is 4.10. The van der Waals surface area contributed by atoms with E-state index in [4.69, 9.17) is 10.3 Å². The number of anilines is 1. The molecule has 2 atom stereocenters. The second-order valence-electron chi connectivity index (χ2n) is 4.51. The Bertz CT molecular complexity index is 330. The molecule has 0 aromatic carbocycles. The Kier molecular flexibility index (Phi) is 2.25. The van der Waals surface area contributed by atoms with E-state index in [2.05, 4.69) is 25.9 Å². The van der Waals surface area contributed by atoms with Crippen molar-refractivity contribution in [3.8, 4) is 0 Å². The van der Waals surface area contributed by atoms with E-state index < -0.39 is 0 Å². The lowest BCUT2D eigenvalue weighted by atomic mass is 10.00. The van der Waals surface area contributed by atoms with Crippen molar-refractivity contribution in [2.24, 2.45) is 5.92 Å². The third kappa shape index (κ3) is 1.41. The van der Waals surface area contributed by atoms with Crippen LogP contribution in [-0.4, -0.2) is 5.16 Å². The van der Waals surface area contributed by atoms with Crippen molar-refractivity contribution in [3.05, 3.63) is 11.3 Å². The summed E-state index contributed by atoms with van der Waals surface area (Å²) in [7, 11) is 0. The molecule has 2 N–H and O–H groups in total. The molecule has 0 unspecified atom stereocenters. The molecule has 1 fully saturated rings. The molecule has 2 rings (SSSR count). The van der Waals surface area contributed by atoms with Crippen LogP contribution in [0.25, 0.3) is 0 Å². The molecule has 3 heteroatoms. The average Bonchev–Trinajstić information content (AvgIpc) is 2.82.